The lowest BCUT2D eigenvalue weighted by atomic mass is 10.0. The molecule has 1 aromatic rings. The van der Waals surface area contributed by atoms with Crippen LogP contribution in [0.2, 0.25) is 0 Å². The Hall–Kier alpha value is -1.55. The zero-order valence-corrected chi connectivity index (χ0v) is 11.9. The van der Waals surface area contributed by atoms with Gasteiger partial charge in [-0.2, -0.15) is 0 Å². The molecule has 2 rings (SSSR count). The number of nitrogens with zero attached hydrogens (tertiary/aromatic N) is 1. The van der Waals surface area contributed by atoms with Crippen LogP contribution in [0.5, 0.6) is 0 Å². The van der Waals surface area contributed by atoms with Gasteiger partial charge in [0.25, 0.3) is 0 Å². The van der Waals surface area contributed by atoms with Crippen molar-refractivity contribution in [3.8, 4) is 0 Å². The molecule has 0 aromatic heterocycles. The first-order chi connectivity index (χ1) is 8.85. The highest BCUT2D eigenvalue weighted by molar-refractivity contribution is 5.77. The van der Waals surface area contributed by atoms with Crippen LogP contribution in [0, 0.1) is 6.92 Å². The SMILES string of the molecule is Cc1ccc(C2CN(CCC(C)(C)N)C(=O)N2)cc1. The second-order valence-electron chi connectivity index (χ2n) is 6.10. The van der Waals surface area contributed by atoms with Gasteiger partial charge in [0.2, 0.25) is 0 Å². The van der Waals surface area contributed by atoms with Crippen molar-refractivity contribution in [3.63, 3.8) is 0 Å². The summed E-state index contributed by atoms with van der Waals surface area (Å²) in [5.41, 5.74) is 8.12. The van der Waals surface area contributed by atoms with Crippen LogP contribution in [-0.2, 0) is 0 Å². The number of aryl methyl sites for hydroxylation is 1. The molecular formula is C15H23N3O. The topological polar surface area (TPSA) is 58.4 Å². The second kappa shape index (κ2) is 5.21. The Kier molecular flexibility index (Phi) is 3.80. The molecule has 0 spiro atoms. The third-order valence-corrected chi connectivity index (χ3v) is 3.49. The summed E-state index contributed by atoms with van der Waals surface area (Å²) in [4.78, 5) is 13.8. The Morgan fingerprint density at radius 2 is 2.00 bits per heavy atom. The summed E-state index contributed by atoms with van der Waals surface area (Å²) in [5.74, 6) is 0. The van der Waals surface area contributed by atoms with Gasteiger partial charge in [-0.25, -0.2) is 4.79 Å². The third kappa shape index (κ3) is 3.70. The van der Waals surface area contributed by atoms with Crippen molar-refractivity contribution in [1.82, 2.24) is 10.2 Å². The molecule has 1 saturated heterocycles. The highest BCUT2D eigenvalue weighted by atomic mass is 16.2. The second-order valence-corrected chi connectivity index (χ2v) is 6.10. The Balaban J connectivity index is 1.97. The summed E-state index contributed by atoms with van der Waals surface area (Å²) >= 11 is 0. The van der Waals surface area contributed by atoms with Gasteiger partial charge in [0, 0.05) is 18.6 Å². The predicted octanol–water partition coefficient (Wildman–Crippen LogP) is 2.19. The molecule has 1 aromatic carbocycles. The van der Waals surface area contributed by atoms with Gasteiger partial charge < -0.3 is 16.0 Å². The van der Waals surface area contributed by atoms with E-state index in [0.717, 1.165) is 18.5 Å². The van der Waals surface area contributed by atoms with Crippen molar-refractivity contribution >= 4 is 6.03 Å². The first-order valence-corrected chi connectivity index (χ1v) is 6.76. The molecule has 1 fully saturated rings. The smallest absolute Gasteiger partial charge is 0.318 e. The molecule has 1 heterocycles. The molecule has 2 amide bonds. The van der Waals surface area contributed by atoms with Crippen LogP contribution in [-0.4, -0.2) is 29.6 Å². The maximum atomic E-state index is 11.9. The number of urea groups is 1. The standard InChI is InChI=1S/C15H23N3O/c1-11-4-6-12(7-5-11)13-10-18(14(19)17-13)9-8-15(2,3)16/h4-7,13H,8-10,16H2,1-3H3,(H,17,19). The lowest BCUT2D eigenvalue weighted by Crippen LogP contribution is -2.38. The lowest BCUT2D eigenvalue weighted by molar-refractivity contribution is 0.213. The summed E-state index contributed by atoms with van der Waals surface area (Å²) in [6.45, 7) is 7.46. The highest BCUT2D eigenvalue weighted by Crippen LogP contribution is 2.21. The van der Waals surface area contributed by atoms with E-state index in [0.29, 0.717) is 6.54 Å². The quantitative estimate of drug-likeness (QED) is 0.873. The number of benzene rings is 1. The molecule has 1 atom stereocenters. The predicted molar refractivity (Wildman–Crippen MR) is 76.9 cm³/mol. The van der Waals surface area contributed by atoms with Crippen molar-refractivity contribution in [2.75, 3.05) is 13.1 Å². The van der Waals surface area contributed by atoms with E-state index in [1.807, 2.05) is 18.7 Å². The fourth-order valence-electron chi connectivity index (χ4n) is 2.19. The van der Waals surface area contributed by atoms with Crippen LogP contribution in [0.3, 0.4) is 0 Å². The van der Waals surface area contributed by atoms with Gasteiger partial charge in [-0.15, -0.1) is 0 Å². The summed E-state index contributed by atoms with van der Waals surface area (Å²) in [7, 11) is 0. The minimum absolute atomic E-state index is 0.00910. The number of hydrogen-bond acceptors (Lipinski definition) is 2. The van der Waals surface area contributed by atoms with E-state index in [1.54, 1.807) is 0 Å². The van der Waals surface area contributed by atoms with Gasteiger partial charge in [0.05, 0.1) is 6.04 Å². The zero-order valence-electron chi connectivity index (χ0n) is 11.9. The minimum Gasteiger partial charge on any atom is -0.329 e. The van der Waals surface area contributed by atoms with Crippen LogP contribution in [0.4, 0.5) is 4.79 Å². The first-order valence-electron chi connectivity index (χ1n) is 6.76. The molecule has 4 heteroatoms. The molecule has 0 aliphatic carbocycles. The molecule has 3 N–H and O–H groups in total. The average molecular weight is 261 g/mol. The highest BCUT2D eigenvalue weighted by Gasteiger charge is 2.30. The summed E-state index contributed by atoms with van der Waals surface area (Å²) in [5, 5.41) is 3.02. The fraction of sp³-hybridized carbons (Fsp3) is 0.533. The van der Waals surface area contributed by atoms with Gasteiger partial charge >= 0.3 is 6.03 Å². The molecule has 19 heavy (non-hydrogen) atoms. The summed E-state index contributed by atoms with van der Waals surface area (Å²) in [6.07, 6.45) is 0.807. The van der Waals surface area contributed by atoms with Gasteiger partial charge in [0.1, 0.15) is 0 Å². The molecule has 104 valence electrons. The number of carbonyl (C=O) groups is 1. The van der Waals surface area contributed by atoms with Crippen molar-refractivity contribution in [2.45, 2.75) is 38.8 Å². The number of nitrogens with one attached hydrogen (secondary N) is 1. The molecular weight excluding hydrogens is 238 g/mol. The summed E-state index contributed by atoms with van der Waals surface area (Å²) in [6, 6.07) is 8.41. The van der Waals surface area contributed by atoms with E-state index in [4.69, 9.17) is 5.73 Å². The Morgan fingerprint density at radius 3 is 2.58 bits per heavy atom. The maximum absolute atomic E-state index is 11.9. The number of amides is 2. The van der Waals surface area contributed by atoms with Crippen LogP contribution in [0.1, 0.15) is 37.4 Å². The van der Waals surface area contributed by atoms with Crippen LogP contribution < -0.4 is 11.1 Å². The lowest BCUT2D eigenvalue weighted by Gasteiger charge is -2.22. The number of carbonyl (C=O) groups excluding carboxylic acids is 1. The number of rotatable bonds is 4. The molecule has 0 radical (unpaired) electrons. The van der Waals surface area contributed by atoms with Gasteiger partial charge in [-0.1, -0.05) is 29.8 Å². The van der Waals surface area contributed by atoms with Crippen LogP contribution in [0.15, 0.2) is 24.3 Å². The van der Waals surface area contributed by atoms with Gasteiger partial charge in [-0.3, -0.25) is 0 Å². The molecule has 0 bridgehead atoms. The van der Waals surface area contributed by atoms with E-state index in [1.165, 1.54) is 5.56 Å². The van der Waals surface area contributed by atoms with E-state index in [2.05, 4.69) is 36.5 Å². The Morgan fingerprint density at radius 1 is 1.37 bits per heavy atom. The molecule has 1 aliphatic heterocycles. The molecule has 4 nitrogen and oxygen atoms in total. The van der Waals surface area contributed by atoms with Crippen molar-refractivity contribution in [2.24, 2.45) is 5.73 Å². The van der Waals surface area contributed by atoms with Crippen molar-refractivity contribution < 1.29 is 4.79 Å². The van der Waals surface area contributed by atoms with E-state index < -0.39 is 0 Å². The van der Waals surface area contributed by atoms with Crippen LogP contribution in [0.25, 0.3) is 0 Å². The van der Waals surface area contributed by atoms with E-state index in [-0.39, 0.29) is 17.6 Å². The number of nitrogens with two attached hydrogens (primary N) is 1. The zero-order chi connectivity index (χ0) is 14.0. The normalized spacial score (nSPS) is 19.7. The largest absolute Gasteiger partial charge is 0.329 e. The Labute approximate surface area is 115 Å². The molecule has 0 saturated carbocycles. The maximum Gasteiger partial charge on any atom is 0.318 e. The van der Waals surface area contributed by atoms with Crippen molar-refractivity contribution in [1.29, 1.82) is 0 Å². The Bertz CT molecular complexity index is 447. The average Bonchev–Trinajstić information content (AvgIpc) is 2.68. The van der Waals surface area contributed by atoms with Gasteiger partial charge in [-0.05, 0) is 32.8 Å². The van der Waals surface area contributed by atoms with E-state index >= 15 is 0 Å². The number of hydrogen-bond donors (Lipinski definition) is 2. The molecule has 1 aliphatic rings. The molecule has 1 unspecified atom stereocenters. The first kappa shape index (κ1) is 13.9. The monoisotopic (exact) mass is 261 g/mol. The summed E-state index contributed by atoms with van der Waals surface area (Å²) < 4.78 is 0. The van der Waals surface area contributed by atoms with Gasteiger partial charge in [0.15, 0.2) is 0 Å². The fourth-order valence-corrected chi connectivity index (χ4v) is 2.19. The van der Waals surface area contributed by atoms with Crippen LogP contribution >= 0.6 is 0 Å². The van der Waals surface area contributed by atoms with Crippen molar-refractivity contribution in [3.05, 3.63) is 35.4 Å². The minimum atomic E-state index is -0.234. The van der Waals surface area contributed by atoms with E-state index in [9.17, 15) is 4.79 Å². The third-order valence-electron chi connectivity index (χ3n) is 3.49.